The first-order chi connectivity index (χ1) is 10.7. The van der Waals surface area contributed by atoms with Gasteiger partial charge in [0.15, 0.2) is 0 Å². The van der Waals surface area contributed by atoms with E-state index in [2.05, 4.69) is 36.0 Å². The highest BCUT2D eigenvalue weighted by atomic mass is 15.1. The average Bonchev–Trinajstić information content (AvgIpc) is 2.96. The summed E-state index contributed by atoms with van der Waals surface area (Å²) in [6.45, 7) is 15.4. The molecule has 3 nitrogen and oxygen atoms in total. The van der Waals surface area contributed by atoms with E-state index >= 15 is 0 Å². The van der Waals surface area contributed by atoms with Crippen molar-refractivity contribution in [2.45, 2.75) is 58.4 Å². The van der Waals surface area contributed by atoms with Gasteiger partial charge in [0.2, 0.25) is 0 Å². The molecule has 2 N–H and O–H groups in total. The van der Waals surface area contributed by atoms with Crippen LogP contribution < -0.4 is 10.6 Å². The molecular formula is C19H37N3. The molecule has 2 rings (SSSR count). The number of nitrogens with one attached hydrogen (secondary N) is 2. The number of hydrogen-bond acceptors (Lipinski definition) is 3. The van der Waals surface area contributed by atoms with Crippen LogP contribution in [0.25, 0.3) is 0 Å². The summed E-state index contributed by atoms with van der Waals surface area (Å²) in [4.78, 5) is 2.72. The molecule has 1 heterocycles. The van der Waals surface area contributed by atoms with E-state index in [0.29, 0.717) is 0 Å². The molecule has 0 radical (unpaired) electrons. The van der Waals surface area contributed by atoms with Gasteiger partial charge in [-0.15, -0.1) is 0 Å². The van der Waals surface area contributed by atoms with Gasteiger partial charge >= 0.3 is 0 Å². The minimum absolute atomic E-state index is 0.731. The van der Waals surface area contributed by atoms with Crippen molar-refractivity contribution >= 4 is 0 Å². The molecule has 0 spiro atoms. The van der Waals surface area contributed by atoms with Crippen LogP contribution in [0, 0.1) is 11.8 Å². The first kappa shape index (κ1) is 18.0. The first-order valence-electron chi connectivity index (χ1n) is 9.48. The summed E-state index contributed by atoms with van der Waals surface area (Å²) in [5.74, 6) is 2.01. The van der Waals surface area contributed by atoms with E-state index in [1.165, 1.54) is 63.7 Å². The topological polar surface area (TPSA) is 27.3 Å². The van der Waals surface area contributed by atoms with Crippen molar-refractivity contribution < 1.29 is 0 Å². The van der Waals surface area contributed by atoms with Crippen LogP contribution in [0.15, 0.2) is 12.2 Å². The molecule has 2 fully saturated rings. The molecule has 22 heavy (non-hydrogen) atoms. The van der Waals surface area contributed by atoms with Gasteiger partial charge in [0.25, 0.3) is 0 Å². The number of nitrogens with zero attached hydrogens (tertiary/aromatic N) is 1. The molecule has 0 aromatic heterocycles. The summed E-state index contributed by atoms with van der Waals surface area (Å²) in [6, 6.07) is 0.731. The molecule has 1 saturated heterocycles. The van der Waals surface area contributed by atoms with E-state index in [4.69, 9.17) is 0 Å². The van der Waals surface area contributed by atoms with Crippen molar-refractivity contribution in [3.05, 3.63) is 12.2 Å². The molecule has 1 saturated carbocycles. The molecular weight excluding hydrogens is 270 g/mol. The molecule has 1 aliphatic carbocycles. The Hall–Kier alpha value is -0.380. The maximum atomic E-state index is 3.91. The molecule has 0 unspecified atom stereocenters. The van der Waals surface area contributed by atoms with E-state index in [9.17, 15) is 0 Å². The second-order valence-corrected chi connectivity index (χ2v) is 7.62. The van der Waals surface area contributed by atoms with Crippen LogP contribution in [-0.2, 0) is 0 Å². The minimum atomic E-state index is 0.731. The van der Waals surface area contributed by atoms with Gasteiger partial charge in [-0.1, -0.05) is 31.9 Å². The van der Waals surface area contributed by atoms with Crippen molar-refractivity contribution in [3.63, 3.8) is 0 Å². The zero-order valence-corrected chi connectivity index (χ0v) is 14.9. The summed E-state index contributed by atoms with van der Waals surface area (Å²) < 4.78 is 0. The maximum Gasteiger partial charge on any atom is 0.0159 e. The number of likely N-dealkylation sites (tertiary alicyclic amines) is 1. The average molecular weight is 308 g/mol. The lowest BCUT2D eigenvalue weighted by Gasteiger charge is -2.34. The summed E-state index contributed by atoms with van der Waals surface area (Å²) in [5.41, 5.74) is 1.21. The van der Waals surface area contributed by atoms with Crippen molar-refractivity contribution in [1.82, 2.24) is 15.5 Å². The van der Waals surface area contributed by atoms with E-state index in [-0.39, 0.29) is 0 Å². The second-order valence-electron chi connectivity index (χ2n) is 7.62. The van der Waals surface area contributed by atoms with Crippen LogP contribution in [0.2, 0.25) is 0 Å². The molecule has 1 aliphatic heterocycles. The third-order valence-electron chi connectivity index (χ3n) is 5.49. The molecule has 0 bridgehead atoms. The Labute approximate surface area is 137 Å². The summed E-state index contributed by atoms with van der Waals surface area (Å²) >= 11 is 0. The quantitative estimate of drug-likeness (QED) is 0.506. The van der Waals surface area contributed by atoms with Gasteiger partial charge in [-0.3, -0.25) is 0 Å². The fraction of sp³-hybridized carbons (Fsp3) is 0.895. The summed E-state index contributed by atoms with van der Waals surface area (Å²) in [6.07, 6.45) is 8.49. The predicted molar refractivity (Wildman–Crippen MR) is 96.3 cm³/mol. The van der Waals surface area contributed by atoms with Crippen molar-refractivity contribution in [2.75, 3.05) is 39.3 Å². The Kier molecular flexibility index (Phi) is 7.91. The number of hydrogen-bond donors (Lipinski definition) is 2. The number of rotatable bonds is 9. The fourth-order valence-corrected chi connectivity index (χ4v) is 4.07. The van der Waals surface area contributed by atoms with Crippen LogP contribution in [0.3, 0.4) is 0 Å². The number of piperidine rings is 1. The summed E-state index contributed by atoms with van der Waals surface area (Å²) in [7, 11) is 0. The summed E-state index contributed by atoms with van der Waals surface area (Å²) in [5, 5.41) is 7.13. The van der Waals surface area contributed by atoms with E-state index in [1.54, 1.807) is 0 Å². The maximum absolute atomic E-state index is 3.91. The fourth-order valence-electron chi connectivity index (χ4n) is 4.07. The van der Waals surface area contributed by atoms with E-state index in [1.807, 2.05) is 0 Å². The van der Waals surface area contributed by atoms with Crippen LogP contribution in [0.5, 0.6) is 0 Å². The largest absolute Gasteiger partial charge is 0.313 e. The Morgan fingerprint density at radius 2 is 1.82 bits per heavy atom. The highest BCUT2D eigenvalue weighted by Gasteiger charge is 2.26. The normalized spacial score (nSPS) is 27.4. The zero-order valence-electron chi connectivity index (χ0n) is 14.9. The highest BCUT2D eigenvalue weighted by molar-refractivity contribution is 4.90. The Balaban J connectivity index is 1.51. The van der Waals surface area contributed by atoms with E-state index < -0.39 is 0 Å². The molecule has 0 amide bonds. The van der Waals surface area contributed by atoms with Gasteiger partial charge < -0.3 is 15.5 Å². The lowest BCUT2D eigenvalue weighted by Crippen LogP contribution is -2.45. The molecule has 3 heteroatoms. The molecule has 0 aromatic carbocycles. The standard InChI is InChI=1S/C19H37N3/c1-4-17-5-6-18(13-17)15-22-11-7-19(8-12-22)21-10-9-20-14-16(2)3/h17-21H,2,4-15H2,1,3H3/t17-,18+/m1/s1. The smallest absolute Gasteiger partial charge is 0.0159 e. The third-order valence-corrected chi connectivity index (χ3v) is 5.49. The van der Waals surface area contributed by atoms with Gasteiger partial charge in [0.1, 0.15) is 0 Å². The molecule has 128 valence electrons. The van der Waals surface area contributed by atoms with E-state index in [0.717, 1.165) is 37.5 Å². The molecule has 2 atom stereocenters. The van der Waals surface area contributed by atoms with Crippen LogP contribution >= 0.6 is 0 Å². The lowest BCUT2D eigenvalue weighted by molar-refractivity contribution is 0.171. The first-order valence-corrected chi connectivity index (χ1v) is 9.48. The Morgan fingerprint density at radius 1 is 1.09 bits per heavy atom. The van der Waals surface area contributed by atoms with Crippen molar-refractivity contribution in [2.24, 2.45) is 11.8 Å². The molecule has 0 aromatic rings. The lowest BCUT2D eigenvalue weighted by atomic mass is 10.00. The van der Waals surface area contributed by atoms with Gasteiger partial charge in [-0.05, 0) is 57.5 Å². The van der Waals surface area contributed by atoms with Crippen LogP contribution in [-0.4, -0.2) is 50.2 Å². The van der Waals surface area contributed by atoms with Crippen LogP contribution in [0.4, 0.5) is 0 Å². The SMILES string of the molecule is C=C(C)CNCCNC1CCN(C[C@H]2CC[C@@H](CC)C2)CC1. The molecule has 2 aliphatic rings. The van der Waals surface area contributed by atoms with Gasteiger partial charge in [-0.2, -0.15) is 0 Å². The van der Waals surface area contributed by atoms with Gasteiger partial charge in [0.05, 0.1) is 0 Å². The van der Waals surface area contributed by atoms with Gasteiger partial charge in [0, 0.05) is 32.2 Å². The van der Waals surface area contributed by atoms with Crippen molar-refractivity contribution in [3.8, 4) is 0 Å². The zero-order chi connectivity index (χ0) is 15.8. The monoisotopic (exact) mass is 307 g/mol. The van der Waals surface area contributed by atoms with Crippen molar-refractivity contribution in [1.29, 1.82) is 0 Å². The Bertz CT molecular complexity index is 321. The second kappa shape index (κ2) is 9.69. The predicted octanol–water partition coefficient (Wildman–Crippen LogP) is 3.03. The van der Waals surface area contributed by atoms with Gasteiger partial charge in [-0.25, -0.2) is 0 Å². The Morgan fingerprint density at radius 3 is 2.45 bits per heavy atom. The third kappa shape index (κ3) is 6.39. The highest BCUT2D eigenvalue weighted by Crippen LogP contribution is 2.33. The van der Waals surface area contributed by atoms with Crippen LogP contribution in [0.1, 0.15) is 52.4 Å². The minimum Gasteiger partial charge on any atom is -0.313 e.